The third kappa shape index (κ3) is 2.72. The number of aryl methyl sites for hydroxylation is 2. The minimum Gasteiger partial charge on any atom is -0.360 e. The summed E-state index contributed by atoms with van der Waals surface area (Å²) in [6.45, 7) is 5.86. The average molecular weight is 305 g/mol. The van der Waals surface area contributed by atoms with Gasteiger partial charge in [-0.3, -0.25) is 4.79 Å². The number of aromatic nitrogens is 2. The van der Waals surface area contributed by atoms with E-state index in [4.69, 9.17) is 4.52 Å². The molecular formula is C15H19N3O2S. The SMILES string of the molecule is Cc1csc(C(C)(C)NC(=O)c2noc3c2CCCC3)n1. The summed E-state index contributed by atoms with van der Waals surface area (Å²) in [6.07, 6.45) is 3.94. The van der Waals surface area contributed by atoms with E-state index in [1.165, 1.54) is 0 Å². The van der Waals surface area contributed by atoms with Crippen LogP contribution in [0.3, 0.4) is 0 Å². The highest BCUT2D eigenvalue weighted by atomic mass is 32.1. The van der Waals surface area contributed by atoms with Crippen LogP contribution in [0.4, 0.5) is 0 Å². The average Bonchev–Trinajstić information content (AvgIpc) is 3.04. The van der Waals surface area contributed by atoms with Crippen LogP contribution in [0.15, 0.2) is 9.90 Å². The van der Waals surface area contributed by atoms with Crippen molar-refractivity contribution in [3.63, 3.8) is 0 Å². The van der Waals surface area contributed by atoms with Gasteiger partial charge in [0.1, 0.15) is 10.8 Å². The largest absolute Gasteiger partial charge is 0.360 e. The van der Waals surface area contributed by atoms with Crippen molar-refractivity contribution in [2.75, 3.05) is 0 Å². The second kappa shape index (κ2) is 5.26. The number of rotatable bonds is 3. The monoisotopic (exact) mass is 305 g/mol. The van der Waals surface area contributed by atoms with Crippen molar-refractivity contribution in [1.82, 2.24) is 15.5 Å². The van der Waals surface area contributed by atoms with Gasteiger partial charge >= 0.3 is 0 Å². The Morgan fingerprint density at radius 3 is 2.86 bits per heavy atom. The summed E-state index contributed by atoms with van der Waals surface area (Å²) in [5.41, 5.74) is 1.86. The van der Waals surface area contributed by atoms with Crippen molar-refractivity contribution in [2.24, 2.45) is 0 Å². The van der Waals surface area contributed by atoms with E-state index in [1.54, 1.807) is 11.3 Å². The molecule has 0 unspecified atom stereocenters. The van der Waals surface area contributed by atoms with E-state index in [1.807, 2.05) is 26.2 Å². The first-order valence-electron chi connectivity index (χ1n) is 7.20. The Morgan fingerprint density at radius 1 is 1.38 bits per heavy atom. The molecule has 0 saturated carbocycles. The Morgan fingerprint density at radius 2 is 2.14 bits per heavy atom. The molecule has 2 aromatic rings. The van der Waals surface area contributed by atoms with Crippen molar-refractivity contribution in [2.45, 2.75) is 52.0 Å². The maximum absolute atomic E-state index is 12.5. The van der Waals surface area contributed by atoms with Crippen LogP contribution < -0.4 is 5.32 Å². The molecule has 1 N–H and O–H groups in total. The van der Waals surface area contributed by atoms with Crippen LogP contribution in [-0.4, -0.2) is 16.0 Å². The summed E-state index contributed by atoms with van der Waals surface area (Å²) in [7, 11) is 0. The molecule has 0 radical (unpaired) electrons. The number of hydrogen-bond acceptors (Lipinski definition) is 5. The topological polar surface area (TPSA) is 68.0 Å². The number of fused-ring (bicyclic) bond motifs is 1. The first-order chi connectivity index (χ1) is 9.97. The third-order valence-corrected chi connectivity index (χ3v) is 5.03. The lowest BCUT2D eigenvalue weighted by atomic mass is 9.96. The number of hydrogen-bond donors (Lipinski definition) is 1. The highest BCUT2D eigenvalue weighted by Gasteiger charge is 2.30. The Balaban J connectivity index is 1.81. The van der Waals surface area contributed by atoms with Crippen molar-refractivity contribution in [3.8, 4) is 0 Å². The normalized spacial score (nSPS) is 14.8. The van der Waals surface area contributed by atoms with Crippen LogP contribution in [0.25, 0.3) is 0 Å². The second-order valence-electron chi connectivity index (χ2n) is 6.01. The molecule has 2 aromatic heterocycles. The molecule has 0 saturated heterocycles. The van der Waals surface area contributed by atoms with Crippen LogP contribution in [-0.2, 0) is 18.4 Å². The zero-order valence-electron chi connectivity index (χ0n) is 12.5. The van der Waals surface area contributed by atoms with Gasteiger partial charge in [0.25, 0.3) is 5.91 Å². The van der Waals surface area contributed by atoms with Gasteiger partial charge in [-0.15, -0.1) is 11.3 Å². The Kier molecular flexibility index (Phi) is 3.57. The van der Waals surface area contributed by atoms with E-state index in [9.17, 15) is 4.79 Å². The molecular weight excluding hydrogens is 286 g/mol. The standard InChI is InChI=1S/C15H19N3O2S/c1-9-8-21-14(16-9)15(2,3)17-13(19)12-10-6-4-5-7-11(10)20-18-12/h8H,4-7H2,1-3H3,(H,17,19). The summed E-state index contributed by atoms with van der Waals surface area (Å²) in [5.74, 6) is 0.689. The van der Waals surface area contributed by atoms with E-state index >= 15 is 0 Å². The van der Waals surface area contributed by atoms with E-state index in [-0.39, 0.29) is 5.91 Å². The Hall–Kier alpha value is -1.69. The third-order valence-electron chi connectivity index (χ3n) is 3.74. The lowest BCUT2D eigenvalue weighted by Crippen LogP contribution is -2.41. The Bertz CT molecular complexity index is 672. The van der Waals surface area contributed by atoms with Gasteiger partial charge in [-0.1, -0.05) is 5.16 Å². The summed E-state index contributed by atoms with van der Waals surface area (Å²) in [4.78, 5) is 17.0. The van der Waals surface area contributed by atoms with Gasteiger partial charge in [0.2, 0.25) is 0 Å². The Labute approximate surface area is 127 Å². The van der Waals surface area contributed by atoms with Gasteiger partial charge in [-0.25, -0.2) is 4.98 Å². The van der Waals surface area contributed by atoms with Crippen molar-refractivity contribution in [1.29, 1.82) is 0 Å². The lowest BCUT2D eigenvalue weighted by molar-refractivity contribution is 0.0901. The smallest absolute Gasteiger partial charge is 0.274 e. The van der Waals surface area contributed by atoms with Gasteiger partial charge in [0.05, 0.1) is 5.54 Å². The van der Waals surface area contributed by atoms with Gasteiger partial charge in [-0.05, 0) is 40.0 Å². The van der Waals surface area contributed by atoms with Crippen LogP contribution in [0.2, 0.25) is 0 Å². The molecule has 0 spiro atoms. The van der Waals surface area contributed by atoms with Gasteiger partial charge in [0.15, 0.2) is 5.69 Å². The second-order valence-corrected chi connectivity index (χ2v) is 6.87. The zero-order valence-corrected chi connectivity index (χ0v) is 13.3. The number of nitrogens with zero attached hydrogens (tertiary/aromatic N) is 2. The fraction of sp³-hybridized carbons (Fsp3) is 0.533. The number of amides is 1. The van der Waals surface area contributed by atoms with Crippen LogP contribution in [0.1, 0.15) is 59.2 Å². The molecule has 2 heterocycles. The molecule has 3 rings (SSSR count). The molecule has 0 fully saturated rings. The molecule has 1 amide bonds. The fourth-order valence-corrected chi connectivity index (χ4v) is 3.48. The maximum atomic E-state index is 12.5. The molecule has 0 bridgehead atoms. The first-order valence-corrected chi connectivity index (χ1v) is 8.08. The fourth-order valence-electron chi connectivity index (χ4n) is 2.60. The highest BCUT2D eigenvalue weighted by molar-refractivity contribution is 7.09. The van der Waals surface area contributed by atoms with E-state index < -0.39 is 5.54 Å². The molecule has 0 aromatic carbocycles. The van der Waals surface area contributed by atoms with E-state index in [0.717, 1.165) is 47.7 Å². The summed E-state index contributed by atoms with van der Waals surface area (Å²) in [6, 6.07) is 0. The van der Waals surface area contributed by atoms with Gasteiger partial charge in [-0.2, -0.15) is 0 Å². The van der Waals surface area contributed by atoms with Gasteiger partial charge in [0, 0.05) is 23.1 Å². The van der Waals surface area contributed by atoms with E-state index in [2.05, 4.69) is 15.5 Å². The number of carbonyl (C=O) groups is 1. The van der Waals surface area contributed by atoms with Gasteiger partial charge < -0.3 is 9.84 Å². The number of carbonyl (C=O) groups excluding carboxylic acids is 1. The molecule has 0 aliphatic heterocycles. The number of thiazole rings is 1. The molecule has 0 atom stereocenters. The number of nitrogens with one attached hydrogen (secondary N) is 1. The van der Waals surface area contributed by atoms with Crippen LogP contribution >= 0.6 is 11.3 Å². The van der Waals surface area contributed by atoms with Crippen molar-refractivity contribution in [3.05, 3.63) is 33.1 Å². The first kappa shape index (κ1) is 14.3. The summed E-state index contributed by atoms with van der Waals surface area (Å²) in [5, 5.41) is 9.88. The molecule has 21 heavy (non-hydrogen) atoms. The van der Waals surface area contributed by atoms with E-state index in [0.29, 0.717) is 5.69 Å². The lowest BCUT2D eigenvalue weighted by Gasteiger charge is -2.23. The van der Waals surface area contributed by atoms with Crippen LogP contribution in [0, 0.1) is 6.92 Å². The molecule has 1 aliphatic carbocycles. The molecule has 112 valence electrons. The van der Waals surface area contributed by atoms with Crippen molar-refractivity contribution >= 4 is 17.2 Å². The minimum absolute atomic E-state index is 0.181. The molecule has 6 heteroatoms. The zero-order chi connectivity index (χ0) is 15.0. The molecule has 5 nitrogen and oxygen atoms in total. The highest BCUT2D eigenvalue weighted by Crippen LogP contribution is 2.27. The molecule has 1 aliphatic rings. The maximum Gasteiger partial charge on any atom is 0.274 e. The summed E-state index contributed by atoms with van der Waals surface area (Å²) < 4.78 is 5.31. The summed E-state index contributed by atoms with van der Waals surface area (Å²) >= 11 is 1.55. The van der Waals surface area contributed by atoms with Crippen molar-refractivity contribution < 1.29 is 9.32 Å². The minimum atomic E-state index is -0.517. The quantitative estimate of drug-likeness (QED) is 0.946. The predicted octanol–water partition coefficient (Wildman–Crippen LogP) is 2.98. The van der Waals surface area contributed by atoms with Crippen LogP contribution in [0.5, 0.6) is 0 Å². The predicted molar refractivity (Wildman–Crippen MR) is 80.5 cm³/mol.